The van der Waals surface area contributed by atoms with Crippen molar-refractivity contribution in [2.24, 2.45) is 5.92 Å². The molecule has 0 heterocycles. The van der Waals surface area contributed by atoms with Crippen LogP contribution in [0, 0.1) is 5.92 Å². The minimum atomic E-state index is -3.03. The van der Waals surface area contributed by atoms with Crippen LogP contribution < -0.4 is 5.11 Å². The second-order valence-electron chi connectivity index (χ2n) is 6.51. The van der Waals surface area contributed by atoms with Crippen molar-refractivity contribution in [1.82, 2.24) is 0 Å². The molecule has 1 aliphatic carbocycles. The van der Waals surface area contributed by atoms with Gasteiger partial charge in [-0.3, -0.25) is 4.57 Å². The van der Waals surface area contributed by atoms with Crippen molar-refractivity contribution in [3.05, 3.63) is 11.6 Å². The third kappa shape index (κ3) is 9.55. The molecule has 25 heavy (non-hydrogen) atoms. The Bertz CT molecular complexity index is 456. The fourth-order valence-corrected chi connectivity index (χ4v) is 5.46. The lowest BCUT2D eigenvalue weighted by atomic mass is 9.88. The van der Waals surface area contributed by atoms with Crippen molar-refractivity contribution in [3.63, 3.8) is 0 Å². The molecule has 0 bridgehead atoms. The predicted octanol–water partition coefficient (Wildman–Crippen LogP) is 2.96. The number of allylic oxidation sites excluding steroid dienone is 1. The molecule has 0 amide bonds. The lowest BCUT2D eigenvalue weighted by Crippen LogP contribution is -2.27. The highest BCUT2D eigenvalue weighted by Gasteiger charge is 2.25. The standard InChI is InChI=1S/C18H33O6P/c1-3-24-25(21,12-8-7-11-23-15-22-2)14-17(18(19)20)13-16-9-5-4-6-10-16/h13,16H,3-12,14-15H2,1-2H3,(H,19,20)/p-1/b17-13+. The minimum absolute atomic E-state index is 0.0431. The zero-order valence-electron chi connectivity index (χ0n) is 15.5. The normalized spacial score (nSPS) is 18.9. The van der Waals surface area contributed by atoms with Crippen LogP contribution in [-0.2, 0) is 23.4 Å². The van der Waals surface area contributed by atoms with Gasteiger partial charge in [0.25, 0.3) is 0 Å². The molecule has 0 aromatic carbocycles. The lowest BCUT2D eigenvalue weighted by molar-refractivity contribution is -0.299. The van der Waals surface area contributed by atoms with Gasteiger partial charge in [0.05, 0.1) is 18.7 Å². The van der Waals surface area contributed by atoms with Crippen molar-refractivity contribution in [2.45, 2.75) is 51.9 Å². The number of carboxylic acid groups (broad SMARTS) is 1. The first-order valence-electron chi connectivity index (χ1n) is 9.22. The Morgan fingerprint density at radius 1 is 1.24 bits per heavy atom. The molecule has 6 nitrogen and oxygen atoms in total. The fourth-order valence-electron chi connectivity index (χ4n) is 3.15. The van der Waals surface area contributed by atoms with Crippen molar-refractivity contribution in [3.8, 4) is 0 Å². The van der Waals surface area contributed by atoms with E-state index in [0.29, 0.717) is 25.8 Å². The van der Waals surface area contributed by atoms with Crippen LogP contribution in [0.2, 0.25) is 0 Å². The Hall–Kier alpha value is -0.680. The summed E-state index contributed by atoms with van der Waals surface area (Å²) in [5, 5.41) is 11.5. The van der Waals surface area contributed by atoms with E-state index >= 15 is 0 Å². The van der Waals surface area contributed by atoms with Crippen LogP contribution in [0.25, 0.3) is 0 Å². The Balaban J connectivity index is 2.62. The third-order valence-electron chi connectivity index (χ3n) is 4.36. The molecule has 1 rings (SSSR count). The van der Waals surface area contributed by atoms with E-state index < -0.39 is 13.3 Å². The number of methoxy groups -OCH3 is 1. The quantitative estimate of drug-likeness (QED) is 0.213. The lowest BCUT2D eigenvalue weighted by Gasteiger charge is -2.23. The first-order valence-corrected chi connectivity index (χ1v) is 11.2. The summed E-state index contributed by atoms with van der Waals surface area (Å²) in [5.41, 5.74) is 0.138. The monoisotopic (exact) mass is 375 g/mol. The Labute approximate surface area is 151 Å². The van der Waals surface area contributed by atoms with Crippen molar-refractivity contribution < 1.29 is 28.5 Å². The van der Waals surface area contributed by atoms with Crippen LogP contribution in [0.15, 0.2) is 11.6 Å². The number of hydrogen-bond donors (Lipinski definition) is 0. The third-order valence-corrected chi connectivity index (χ3v) is 6.91. The zero-order valence-corrected chi connectivity index (χ0v) is 16.4. The summed E-state index contributed by atoms with van der Waals surface area (Å²) in [6, 6.07) is 0. The van der Waals surface area contributed by atoms with Gasteiger partial charge in [-0.2, -0.15) is 0 Å². The summed E-state index contributed by atoms with van der Waals surface area (Å²) in [6.07, 6.45) is 8.88. The Morgan fingerprint density at radius 3 is 2.56 bits per heavy atom. The summed E-state index contributed by atoms with van der Waals surface area (Å²) in [7, 11) is -1.47. The maximum atomic E-state index is 13.0. The van der Waals surface area contributed by atoms with Crippen molar-refractivity contribution in [2.75, 3.05) is 39.4 Å². The van der Waals surface area contributed by atoms with E-state index in [-0.39, 0.29) is 24.4 Å². The number of rotatable bonds is 13. The van der Waals surface area contributed by atoms with Gasteiger partial charge < -0.3 is 23.9 Å². The SMILES string of the molecule is CCOP(=O)(CCCCOCOC)C/C(=C\C1CCCCC1)C(=O)[O-]. The van der Waals surface area contributed by atoms with E-state index in [1.54, 1.807) is 20.1 Å². The smallest absolute Gasteiger partial charge is 0.207 e. The largest absolute Gasteiger partial charge is 0.545 e. The van der Waals surface area contributed by atoms with Crippen LogP contribution in [0.3, 0.4) is 0 Å². The van der Waals surface area contributed by atoms with E-state index in [9.17, 15) is 14.5 Å². The highest BCUT2D eigenvalue weighted by Crippen LogP contribution is 2.49. The van der Waals surface area contributed by atoms with Gasteiger partial charge in [0.15, 0.2) is 0 Å². The highest BCUT2D eigenvalue weighted by atomic mass is 31.2. The molecule has 0 aromatic heterocycles. The number of carbonyl (C=O) groups excluding carboxylic acids is 1. The molecule has 0 aromatic rings. The van der Waals surface area contributed by atoms with E-state index in [0.717, 1.165) is 32.1 Å². The summed E-state index contributed by atoms with van der Waals surface area (Å²) in [4.78, 5) is 11.5. The second kappa shape index (κ2) is 12.6. The number of ether oxygens (including phenoxy) is 2. The summed E-state index contributed by atoms with van der Waals surface area (Å²) in [5.74, 6) is -0.979. The molecule has 1 unspecified atom stereocenters. The van der Waals surface area contributed by atoms with Gasteiger partial charge in [0.1, 0.15) is 6.79 Å². The maximum Gasteiger partial charge on any atom is 0.207 e. The molecular formula is C18H32O6P-. The summed E-state index contributed by atoms with van der Waals surface area (Å²) < 4.78 is 28.5. The average Bonchev–Trinajstić information content (AvgIpc) is 2.58. The number of aliphatic carboxylic acids is 1. The molecule has 0 aliphatic heterocycles. The number of hydrogen-bond acceptors (Lipinski definition) is 6. The van der Waals surface area contributed by atoms with E-state index in [1.807, 2.05) is 0 Å². The first-order chi connectivity index (χ1) is 12.0. The molecule has 0 saturated heterocycles. The van der Waals surface area contributed by atoms with Gasteiger partial charge in [-0.15, -0.1) is 0 Å². The molecular weight excluding hydrogens is 343 g/mol. The molecule has 1 atom stereocenters. The second-order valence-corrected chi connectivity index (χ2v) is 9.16. The number of carboxylic acids is 1. The number of carbonyl (C=O) groups is 1. The summed E-state index contributed by atoms with van der Waals surface area (Å²) >= 11 is 0. The van der Waals surface area contributed by atoms with E-state index in [1.165, 1.54) is 6.42 Å². The van der Waals surface area contributed by atoms with Crippen LogP contribution in [0.1, 0.15) is 51.9 Å². The average molecular weight is 375 g/mol. The van der Waals surface area contributed by atoms with E-state index in [4.69, 9.17) is 14.0 Å². The minimum Gasteiger partial charge on any atom is -0.545 e. The van der Waals surface area contributed by atoms with Crippen LogP contribution in [0.5, 0.6) is 0 Å². The van der Waals surface area contributed by atoms with Gasteiger partial charge >= 0.3 is 0 Å². The number of unbranched alkanes of at least 4 members (excludes halogenated alkanes) is 1. The van der Waals surface area contributed by atoms with Crippen LogP contribution in [0.4, 0.5) is 0 Å². The van der Waals surface area contributed by atoms with Crippen LogP contribution in [-0.4, -0.2) is 45.4 Å². The molecule has 0 N–H and O–H groups in total. The van der Waals surface area contributed by atoms with Crippen LogP contribution >= 0.6 is 7.37 Å². The molecule has 1 fully saturated rings. The topological polar surface area (TPSA) is 84.9 Å². The van der Waals surface area contributed by atoms with Gasteiger partial charge in [-0.25, -0.2) is 0 Å². The van der Waals surface area contributed by atoms with Crippen molar-refractivity contribution >= 4 is 13.3 Å². The van der Waals surface area contributed by atoms with Gasteiger partial charge in [-0.05, 0) is 44.1 Å². The molecule has 1 saturated carbocycles. The zero-order chi connectivity index (χ0) is 18.5. The molecule has 7 heteroatoms. The van der Waals surface area contributed by atoms with Gasteiger partial charge in [-0.1, -0.05) is 25.3 Å². The molecule has 1 aliphatic rings. The van der Waals surface area contributed by atoms with Gasteiger partial charge in [0.2, 0.25) is 7.37 Å². The molecule has 146 valence electrons. The first kappa shape index (κ1) is 22.4. The maximum absolute atomic E-state index is 13.0. The fraction of sp³-hybridized carbons (Fsp3) is 0.833. The van der Waals surface area contributed by atoms with Gasteiger partial charge in [0, 0.05) is 19.9 Å². The summed E-state index contributed by atoms with van der Waals surface area (Å²) in [6.45, 7) is 2.84. The van der Waals surface area contributed by atoms with Crippen molar-refractivity contribution in [1.29, 1.82) is 0 Å². The molecule has 0 spiro atoms. The molecule has 0 radical (unpaired) electrons. The highest BCUT2D eigenvalue weighted by molar-refractivity contribution is 7.59. The Morgan fingerprint density at radius 2 is 1.96 bits per heavy atom. The predicted molar refractivity (Wildman–Crippen MR) is 95.7 cm³/mol. The Kier molecular flexibility index (Phi) is 11.3. The van der Waals surface area contributed by atoms with E-state index in [2.05, 4.69) is 0 Å².